The predicted molar refractivity (Wildman–Crippen MR) is 73.1 cm³/mol. The molecule has 21 heavy (non-hydrogen) atoms. The predicted octanol–water partition coefficient (Wildman–Crippen LogP) is -1.03. The number of hydrogen-bond acceptors (Lipinski definition) is 5. The van der Waals surface area contributed by atoms with Crippen LogP contribution < -0.4 is 0 Å². The molecule has 0 aromatic rings. The van der Waals surface area contributed by atoms with Crippen molar-refractivity contribution in [1.29, 1.82) is 0 Å². The summed E-state index contributed by atoms with van der Waals surface area (Å²) in [5.41, 5.74) is 0. The lowest BCUT2D eigenvalue weighted by Gasteiger charge is -2.31. The third-order valence-corrected chi connectivity index (χ3v) is 5.42. The number of ether oxygens (including phenoxy) is 1. The van der Waals surface area contributed by atoms with Crippen molar-refractivity contribution in [2.75, 3.05) is 33.1 Å². The van der Waals surface area contributed by atoms with E-state index < -0.39 is 34.0 Å². The van der Waals surface area contributed by atoms with Gasteiger partial charge in [-0.25, -0.2) is 8.42 Å². The van der Waals surface area contributed by atoms with Gasteiger partial charge in [-0.1, -0.05) is 0 Å². The molecule has 0 radical (unpaired) electrons. The lowest BCUT2D eigenvalue weighted by molar-refractivity contribution is -0.145. The Morgan fingerprint density at radius 1 is 1.33 bits per heavy atom. The van der Waals surface area contributed by atoms with Crippen LogP contribution in [0.15, 0.2) is 0 Å². The zero-order chi connectivity index (χ0) is 15.8. The number of sulfonamides is 1. The number of rotatable bonds is 4. The summed E-state index contributed by atoms with van der Waals surface area (Å²) in [6, 6.07) is -1.29. The van der Waals surface area contributed by atoms with Gasteiger partial charge in [0.2, 0.25) is 15.9 Å². The number of hydrogen-bond donors (Lipinski definition) is 1. The Bertz CT molecular complexity index is 534. The fraction of sp³-hybridized carbons (Fsp3) is 0.833. The Morgan fingerprint density at radius 3 is 2.57 bits per heavy atom. The van der Waals surface area contributed by atoms with Crippen molar-refractivity contribution in [2.45, 2.75) is 24.9 Å². The fourth-order valence-corrected chi connectivity index (χ4v) is 4.06. The maximum absolute atomic E-state index is 12.5. The lowest BCUT2D eigenvalue weighted by atomic mass is 10.0. The number of carbonyl (C=O) groups is 2. The summed E-state index contributed by atoms with van der Waals surface area (Å²) >= 11 is 0. The van der Waals surface area contributed by atoms with Gasteiger partial charge in [0.05, 0.1) is 25.5 Å². The summed E-state index contributed by atoms with van der Waals surface area (Å²) in [5.74, 6) is -2.14. The highest BCUT2D eigenvalue weighted by Gasteiger charge is 2.43. The van der Waals surface area contributed by atoms with Gasteiger partial charge in [0.1, 0.15) is 12.0 Å². The summed E-state index contributed by atoms with van der Waals surface area (Å²) in [7, 11) is -1.94. The standard InChI is InChI=1S/C12H20N2O6S/c1-13(10-7-20-6-8(10)12(16)17)11(15)9-4-3-5-14(9)21(2,18)19/h8-10H,3-7H2,1-2H3,(H,16,17). The Morgan fingerprint density at radius 2 is 2.00 bits per heavy atom. The molecule has 2 aliphatic heterocycles. The Kier molecular flexibility index (Phi) is 4.54. The number of likely N-dealkylation sites (N-methyl/N-ethyl adjacent to an activating group) is 1. The maximum Gasteiger partial charge on any atom is 0.311 e. The number of carbonyl (C=O) groups excluding carboxylic acids is 1. The molecule has 0 aromatic carbocycles. The zero-order valence-electron chi connectivity index (χ0n) is 12.1. The zero-order valence-corrected chi connectivity index (χ0v) is 12.9. The maximum atomic E-state index is 12.5. The van der Waals surface area contributed by atoms with Gasteiger partial charge in [-0.15, -0.1) is 0 Å². The van der Waals surface area contributed by atoms with Crippen molar-refractivity contribution in [3.8, 4) is 0 Å². The van der Waals surface area contributed by atoms with Crippen LogP contribution in [0.3, 0.4) is 0 Å². The van der Waals surface area contributed by atoms with Gasteiger partial charge >= 0.3 is 5.97 Å². The highest BCUT2D eigenvalue weighted by atomic mass is 32.2. The Labute approximate surface area is 123 Å². The van der Waals surface area contributed by atoms with Crippen LogP contribution in [0, 0.1) is 5.92 Å². The molecule has 0 spiro atoms. The second-order valence-electron chi connectivity index (χ2n) is 5.53. The molecular weight excluding hydrogens is 300 g/mol. The van der Waals surface area contributed by atoms with E-state index in [2.05, 4.69) is 0 Å². The van der Waals surface area contributed by atoms with E-state index in [1.807, 2.05) is 0 Å². The second kappa shape index (κ2) is 5.90. The summed E-state index contributed by atoms with van der Waals surface area (Å²) in [6.45, 7) is 0.551. The van der Waals surface area contributed by atoms with Crippen LogP contribution in [0.25, 0.3) is 0 Å². The van der Waals surface area contributed by atoms with Crippen molar-refractivity contribution < 1.29 is 27.9 Å². The molecule has 2 saturated heterocycles. The van der Waals surface area contributed by atoms with E-state index in [9.17, 15) is 18.0 Å². The molecule has 0 bridgehead atoms. The van der Waals surface area contributed by atoms with Gasteiger partial charge in [-0.05, 0) is 12.8 Å². The van der Waals surface area contributed by atoms with Crippen LogP contribution in [0.1, 0.15) is 12.8 Å². The number of aliphatic carboxylic acids is 1. The van der Waals surface area contributed by atoms with E-state index in [0.717, 1.165) is 6.26 Å². The lowest BCUT2D eigenvalue weighted by Crippen LogP contribution is -2.52. The average Bonchev–Trinajstić information content (AvgIpc) is 3.04. The first kappa shape index (κ1) is 16.2. The van der Waals surface area contributed by atoms with E-state index in [-0.39, 0.29) is 19.1 Å². The van der Waals surface area contributed by atoms with Crippen molar-refractivity contribution >= 4 is 21.9 Å². The molecule has 1 amide bonds. The third kappa shape index (κ3) is 3.19. The van der Waals surface area contributed by atoms with Crippen molar-refractivity contribution in [2.24, 2.45) is 5.92 Å². The van der Waals surface area contributed by atoms with Crippen LogP contribution in [0.4, 0.5) is 0 Å². The van der Waals surface area contributed by atoms with Crippen molar-refractivity contribution in [3.05, 3.63) is 0 Å². The minimum absolute atomic E-state index is 0.0675. The summed E-state index contributed by atoms with van der Waals surface area (Å²) in [4.78, 5) is 25.0. The first-order valence-corrected chi connectivity index (χ1v) is 8.62. The van der Waals surface area contributed by atoms with Crippen molar-refractivity contribution in [1.82, 2.24) is 9.21 Å². The highest BCUT2D eigenvalue weighted by Crippen LogP contribution is 2.25. The van der Waals surface area contributed by atoms with E-state index >= 15 is 0 Å². The second-order valence-corrected chi connectivity index (χ2v) is 7.47. The Balaban J connectivity index is 2.14. The molecule has 2 heterocycles. The number of nitrogens with zero attached hydrogens (tertiary/aromatic N) is 2. The Hall–Kier alpha value is -1.19. The molecule has 2 rings (SSSR count). The third-order valence-electron chi connectivity index (χ3n) is 4.13. The molecule has 0 saturated carbocycles. The first-order chi connectivity index (χ1) is 9.73. The fourth-order valence-electron chi connectivity index (χ4n) is 2.94. The molecule has 2 fully saturated rings. The topological polar surface area (TPSA) is 104 Å². The van der Waals surface area contributed by atoms with Gasteiger partial charge in [-0.3, -0.25) is 9.59 Å². The van der Waals surface area contributed by atoms with Crippen LogP contribution >= 0.6 is 0 Å². The van der Waals surface area contributed by atoms with Gasteiger partial charge in [0, 0.05) is 13.6 Å². The quantitative estimate of drug-likeness (QED) is 0.710. The van der Waals surface area contributed by atoms with Gasteiger partial charge in [-0.2, -0.15) is 4.31 Å². The van der Waals surface area contributed by atoms with Crippen LogP contribution in [-0.2, 0) is 24.3 Å². The van der Waals surface area contributed by atoms with E-state index in [0.29, 0.717) is 19.4 Å². The number of carboxylic acids is 1. The van der Waals surface area contributed by atoms with Gasteiger partial charge in [0.25, 0.3) is 0 Å². The molecule has 0 aromatic heterocycles. The molecule has 3 unspecified atom stereocenters. The minimum atomic E-state index is -3.45. The molecule has 2 aliphatic rings. The SMILES string of the molecule is CN(C(=O)C1CCCN1S(C)(=O)=O)C1COCC1C(=O)O. The average molecular weight is 320 g/mol. The molecular formula is C12H20N2O6S. The molecule has 120 valence electrons. The number of amides is 1. The normalized spacial score (nSPS) is 30.5. The van der Waals surface area contributed by atoms with Crippen molar-refractivity contribution in [3.63, 3.8) is 0 Å². The van der Waals surface area contributed by atoms with Gasteiger partial charge < -0.3 is 14.7 Å². The summed E-state index contributed by atoms with van der Waals surface area (Å²) in [5, 5.41) is 9.14. The molecule has 9 heteroatoms. The minimum Gasteiger partial charge on any atom is -0.481 e. The molecule has 3 atom stereocenters. The molecule has 8 nitrogen and oxygen atoms in total. The van der Waals surface area contributed by atoms with Crippen LogP contribution in [0.5, 0.6) is 0 Å². The summed E-state index contributed by atoms with van der Waals surface area (Å²) < 4.78 is 29.7. The number of carboxylic acid groups (broad SMARTS) is 1. The largest absolute Gasteiger partial charge is 0.481 e. The van der Waals surface area contributed by atoms with E-state index in [1.54, 1.807) is 0 Å². The smallest absolute Gasteiger partial charge is 0.311 e. The van der Waals surface area contributed by atoms with Gasteiger partial charge in [0.15, 0.2) is 0 Å². The molecule has 1 N–H and O–H groups in total. The first-order valence-electron chi connectivity index (χ1n) is 6.77. The van der Waals surface area contributed by atoms with E-state index in [4.69, 9.17) is 9.84 Å². The summed E-state index contributed by atoms with van der Waals surface area (Å²) in [6.07, 6.45) is 2.17. The highest BCUT2D eigenvalue weighted by molar-refractivity contribution is 7.88. The van der Waals surface area contributed by atoms with Crippen LogP contribution in [-0.4, -0.2) is 79.8 Å². The van der Waals surface area contributed by atoms with E-state index in [1.165, 1.54) is 16.3 Å². The molecule has 0 aliphatic carbocycles. The monoisotopic (exact) mass is 320 g/mol. The van der Waals surface area contributed by atoms with Crippen LogP contribution in [0.2, 0.25) is 0 Å².